The topological polar surface area (TPSA) is 118 Å². The highest BCUT2D eigenvalue weighted by molar-refractivity contribution is 5.86. The normalized spacial score (nSPS) is 22.5. The Bertz CT molecular complexity index is 1120. The van der Waals surface area contributed by atoms with Gasteiger partial charge in [-0.25, -0.2) is 14.1 Å². The Hall–Kier alpha value is -3.19. The molecule has 1 aromatic carbocycles. The number of aromatic amines is 1. The lowest BCUT2D eigenvalue weighted by molar-refractivity contribution is -0.627. The van der Waals surface area contributed by atoms with Gasteiger partial charge < -0.3 is 10.3 Å². The molecule has 4 unspecified atom stereocenters. The van der Waals surface area contributed by atoms with Crippen LogP contribution in [0.4, 0.5) is 8.78 Å². The number of aromatic nitrogens is 1. The van der Waals surface area contributed by atoms with Crippen LogP contribution in [0.25, 0.3) is 10.9 Å². The molecule has 2 aromatic rings. The van der Waals surface area contributed by atoms with Crippen LogP contribution in [0, 0.1) is 40.7 Å². The molecule has 2 heterocycles. The van der Waals surface area contributed by atoms with Crippen LogP contribution < -0.4 is 16.2 Å². The van der Waals surface area contributed by atoms with Gasteiger partial charge >= 0.3 is 6.17 Å². The standard InChI is InChI=1S/C20H21F2N5O3/c1-9-12(20(29)26-15-5-4-14(21)19(22)18(9)15)6-17(28)25-10(2)13-8-24-16(7-23)27(30)11(13)3/h4-5,10-11,13,16,24H,6,8H2,1-3H3,(H-,25,26,28,29)/p+1. The number of fused-ring (bicyclic) bond motifs is 1. The van der Waals surface area contributed by atoms with Gasteiger partial charge in [0.25, 0.3) is 5.56 Å². The third-order valence-corrected chi connectivity index (χ3v) is 5.76. The second kappa shape index (κ2) is 8.28. The molecule has 4 atom stereocenters. The van der Waals surface area contributed by atoms with Gasteiger partial charge in [-0.2, -0.15) is 5.26 Å². The lowest BCUT2D eigenvalue weighted by atomic mass is 9.91. The molecule has 0 aliphatic carbocycles. The number of aryl methyl sites for hydroxylation is 1. The van der Waals surface area contributed by atoms with Crippen molar-refractivity contribution in [2.45, 2.75) is 45.4 Å². The SMILES string of the molecule is Cc1c(CC(=O)NC(C)C2CNC(C#N)[N+](=O)C2C)c(=O)[nH]c2ccc(F)c(F)c12. The first kappa shape index (κ1) is 21.5. The number of pyridine rings is 1. The largest absolute Gasteiger partial charge is 0.353 e. The van der Waals surface area contributed by atoms with Gasteiger partial charge in [-0.3, -0.25) is 9.59 Å². The van der Waals surface area contributed by atoms with E-state index in [1.54, 1.807) is 13.8 Å². The second-order valence-corrected chi connectivity index (χ2v) is 7.58. The van der Waals surface area contributed by atoms with E-state index in [1.807, 2.05) is 6.07 Å². The van der Waals surface area contributed by atoms with E-state index in [9.17, 15) is 23.3 Å². The number of hydrogen-bond donors (Lipinski definition) is 3. The maximum atomic E-state index is 14.2. The first-order valence-corrected chi connectivity index (χ1v) is 9.53. The van der Waals surface area contributed by atoms with E-state index in [0.29, 0.717) is 11.3 Å². The molecule has 10 heteroatoms. The number of halogens is 2. The molecule has 3 N–H and O–H groups in total. The molecule has 1 aliphatic heterocycles. The highest BCUT2D eigenvalue weighted by Crippen LogP contribution is 2.23. The first-order chi connectivity index (χ1) is 14.1. The fourth-order valence-corrected chi connectivity index (χ4v) is 3.95. The molecule has 0 saturated carbocycles. The van der Waals surface area contributed by atoms with Crippen LogP contribution >= 0.6 is 0 Å². The number of nitroso groups, excluding NO2 is 1. The van der Waals surface area contributed by atoms with Gasteiger partial charge in [-0.15, -0.1) is 0 Å². The van der Waals surface area contributed by atoms with Crippen molar-refractivity contribution in [3.8, 4) is 6.07 Å². The van der Waals surface area contributed by atoms with Gasteiger partial charge in [0, 0.05) is 40.1 Å². The van der Waals surface area contributed by atoms with E-state index in [0.717, 1.165) is 6.07 Å². The van der Waals surface area contributed by atoms with Gasteiger partial charge in [0.2, 0.25) is 11.9 Å². The van der Waals surface area contributed by atoms with Crippen molar-refractivity contribution in [2.24, 2.45) is 5.92 Å². The summed E-state index contributed by atoms with van der Waals surface area (Å²) in [4.78, 5) is 39.6. The molecule has 158 valence electrons. The van der Waals surface area contributed by atoms with Crippen molar-refractivity contribution in [3.63, 3.8) is 0 Å². The summed E-state index contributed by atoms with van der Waals surface area (Å²) in [6.45, 7) is 5.24. The van der Waals surface area contributed by atoms with E-state index < -0.39 is 41.4 Å². The minimum atomic E-state index is -1.08. The van der Waals surface area contributed by atoms with Gasteiger partial charge in [0.1, 0.15) is 0 Å². The summed E-state index contributed by atoms with van der Waals surface area (Å²) in [5.41, 5.74) is -0.159. The summed E-state index contributed by atoms with van der Waals surface area (Å²) < 4.78 is 28.5. The van der Waals surface area contributed by atoms with Crippen molar-refractivity contribution < 1.29 is 18.3 Å². The van der Waals surface area contributed by atoms with Crippen LogP contribution in [-0.2, 0) is 11.2 Å². The summed E-state index contributed by atoms with van der Waals surface area (Å²) >= 11 is 0. The highest BCUT2D eigenvalue weighted by atomic mass is 19.2. The molecule has 1 aliphatic rings. The van der Waals surface area contributed by atoms with Crippen LogP contribution in [0.3, 0.4) is 0 Å². The maximum absolute atomic E-state index is 14.2. The number of H-pyrrole nitrogens is 1. The molecule has 1 aromatic heterocycles. The molecular weight excluding hydrogens is 396 g/mol. The number of nitrogens with one attached hydrogen (secondary N) is 3. The summed E-state index contributed by atoms with van der Waals surface area (Å²) in [5.74, 6) is -2.88. The molecule has 0 radical (unpaired) electrons. The average Bonchev–Trinajstić information content (AvgIpc) is 2.69. The minimum Gasteiger partial charge on any atom is -0.353 e. The van der Waals surface area contributed by atoms with Crippen LogP contribution in [0.1, 0.15) is 25.0 Å². The maximum Gasteiger partial charge on any atom is 0.341 e. The third-order valence-electron chi connectivity index (χ3n) is 5.76. The smallest absolute Gasteiger partial charge is 0.341 e. The molecule has 30 heavy (non-hydrogen) atoms. The Kier molecular flexibility index (Phi) is 5.94. The zero-order valence-corrected chi connectivity index (χ0v) is 16.8. The van der Waals surface area contributed by atoms with Crippen molar-refractivity contribution in [3.05, 3.63) is 50.2 Å². The van der Waals surface area contributed by atoms with Gasteiger partial charge in [-0.05, 0) is 31.5 Å². The fourth-order valence-electron chi connectivity index (χ4n) is 3.95. The summed E-state index contributed by atoms with van der Waals surface area (Å²) in [5, 5.41) is 14.5. The number of benzene rings is 1. The predicted molar refractivity (Wildman–Crippen MR) is 105 cm³/mol. The van der Waals surface area contributed by atoms with E-state index in [2.05, 4.69) is 15.6 Å². The molecule has 3 rings (SSSR count). The van der Waals surface area contributed by atoms with Crippen LogP contribution in [0.5, 0.6) is 0 Å². The zero-order chi connectivity index (χ0) is 22.2. The second-order valence-electron chi connectivity index (χ2n) is 7.58. The minimum absolute atomic E-state index is 0.0431. The van der Waals surface area contributed by atoms with Gasteiger partial charge in [0.15, 0.2) is 17.7 Å². The number of nitriles is 1. The lowest BCUT2D eigenvalue weighted by Crippen LogP contribution is -2.58. The number of amides is 1. The van der Waals surface area contributed by atoms with Crippen molar-refractivity contribution in [2.75, 3.05) is 6.54 Å². The molecule has 1 saturated heterocycles. The predicted octanol–water partition coefficient (Wildman–Crippen LogP) is 1.40. The number of nitrogens with zero attached hydrogens (tertiary/aromatic N) is 2. The van der Waals surface area contributed by atoms with Crippen molar-refractivity contribution in [1.82, 2.24) is 15.6 Å². The number of carbonyl (C=O) groups is 1. The summed E-state index contributed by atoms with van der Waals surface area (Å²) in [6.07, 6.45) is -1.26. The van der Waals surface area contributed by atoms with E-state index in [-0.39, 0.29) is 34.4 Å². The quantitative estimate of drug-likeness (QED) is 0.649. The molecule has 1 fully saturated rings. The number of hydrogen-bond acceptors (Lipinski definition) is 5. The van der Waals surface area contributed by atoms with Crippen molar-refractivity contribution >= 4 is 16.8 Å². The number of carbonyl (C=O) groups excluding carboxylic acids is 1. The fraction of sp³-hybridized carbons (Fsp3) is 0.450. The van der Waals surface area contributed by atoms with Crippen LogP contribution in [0.2, 0.25) is 0 Å². The molecule has 0 bridgehead atoms. The first-order valence-electron chi connectivity index (χ1n) is 9.53. The zero-order valence-electron chi connectivity index (χ0n) is 16.8. The average molecular weight is 418 g/mol. The Labute approximate surface area is 170 Å². The van der Waals surface area contributed by atoms with E-state index >= 15 is 0 Å². The van der Waals surface area contributed by atoms with Gasteiger partial charge in [-0.1, -0.05) is 0 Å². The molecule has 0 spiro atoms. The monoisotopic (exact) mass is 418 g/mol. The van der Waals surface area contributed by atoms with Crippen LogP contribution in [0.15, 0.2) is 16.9 Å². The summed E-state index contributed by atoms with van der Waals surface area (Å²) in [7, 11) is 0. The highest BCUT2D eigenvalue weighted by Gasteiger charge is 2.44. The lowest BCUT2D eigenvalue weighted by Gasteiger charge is -2.30. The van der Waals surface area contributed by atoms with Crippen molar-refractivity contribution in [1.29, 1.82) is 5.26 Å². The Balaban J connectivity index is 1.79. The number of rotatable bonds is 4. The van der Waals surface area contributed by atoms with Gasteiger partial charge in [0.05, 0.1) is 17.9 Å². The summed E-state index contributed by atoms with van der Waals surface area (Å²) in [6, 6.07) is 3.14. The third kappa shape index (κ3) is 3.80. The molecule has 8 nitrogen and oxygen atoms in total. The Morgan fingerprint density at radius 3 is 2.80 bits per heavy atom. The Morgan fingerprint density at radius 2 is 2.13 bits per heavy atom. The van der Waals surface area contributed by atoms with E-state index in [1.165, 1.54) is 13.0 Å². The van der Waals surface area contributed by atoms with Crippen LogP contribution in [-0.4, -0.2) is 40.4 Å². The van der Waals surface area contributed by atoms with E-state index in [4.69, 9.17) is 5.26 Å². The molecular formula is C20H22F2N5O3+. The Morgan fingerprint density at radius 1 is 1.43 bits per heavy atom. The molecule has 1 amide bonds.